The topological polar surface area (TPSA) is 75.7 Å². The average molecular weight is 281 g/mol. The molecule has 0 unspecified atom stereocenters. The van der Waals surface area contributed by atoms with Crippen molar-refractivity contribution in [3.8, 4) is 10.7 Å². The fourth-order valence-electron chi connectivity index (χ4n) is 2.29. The molecule has 0 radical (unpaired) electrons. The van der Waals surface area contributed by atoms with Crippen LogP contribution in [-0.4, -0.2) is 26.5 Å². The van der Waals surface area contributed by atoms with Gasteiger partial charge in [-0.2, -0.15) is 0 Å². The monoisotopic (exact) mass is 281 g/mol. The number of benzene rings is 1. The van der Waals surface area contributed by atoms with Gasteiger partial charge >= 0.3 is 0 Å². The van der Waals surface area contributed by atoms with Crippen LogP contribution in [0.25, 0.3) is 10.7 Å². The second kappa shape index (κ2) is 3.94. The van der Waals surface area contributed by atoms with E-state index in [2.05, 4.69) is 15.0 Å². The fourth-order valence-corrected chi connectivity index (χ4v) is 2.86. The first-order valence-electron chi connectivity index (χ1n) is 5.93. The van der Waals surface area contributed by atoms with Gasteiger partial charge in [0.1, 0.15) is 11.4 Å². The molecule has 5 nitrogen and oxygen atoms in total. The Balaban J connectivity index is 1.94. The maximum atomic E-state index is 12.4. The molecule has 1 aliphatic rings. The number of aromatic amines is 1. The van der Waals surface area contributed by atoms with E-state index >= 15 is 0 Å². The van der Waals surface area contributed by atoms with Crippen LogP contribution in [0.2, 0.25) is 0 Å². The van der Waals surface area contributed by atoms with Crippen molar-refractivity contribution in [1.82, 2.24) is 15.0 Å². The van der Waals surface area contributed by atoms with Crippen LogP contribution in [0.1, 0.15) is 32.1 Å². The maximum Gasteiger partial charge on any atom is 0.214 e. The van der Waals surface area contributed by atoms with Gasteiger partial charge in [-0.25, -0.2) is 4.98 Å². The highest BCUT2D eigenvalue weighted by Gasteiger charge is 2.33. The molecule has 6 heteroatoms. The Labute approximate surface area is 117 Å². The van der Waals surface area contributed by atoms with Crippen LogP contribution in [0.15, 0.2) is 36.0 Å². The number of H-pyrrole nitrogens is 1. The van der Waals surface area contributed by atoms with Crippen molar-refractivity contribution in [1.29, 1.82) is 0 Å². The van der Waals surface area contributed by atoms with Gasteiger partial charge in [-0.05, 0) is 0 Å². The summed E-state index contributed by atoms with van der Waals surface area (Å²) >= 11 is 1.40. The van der Waals surface area contributed by atoms with E-state index < -0.39 is 0 Å². The fraction of sp³-hybridized carbons (Fsp3) is 0. The third-order valence-electron chi connectivity index (χ3n) is 3.23. The molecule has 2 aromatic heterocycles. The lowest BCUT2D eigenvalue weighted by Crippen LogP contribution is -2.20. The maximum absolute atomic E-state index is 12.4. The highest BCUT2D eigenvalue weighted by molar-refractivity contribution is 7.13. The number of carbonyl (C=O) groups is 2. The van der Waals surface area contributed by atoms with Crippen LogP contribution < -0.4 is 0 Å². The molecule has 0 spiro atoms. The minimum atomic E-state index is -0.220. The predicted molar refractivity (Wildman–Crippen MR) is 73.0 cm³/mol. The van der Waals surface area contributed by atoms with Crippen LogP contribution in [0.3, 0.4) is 0 Å². The number of thiazole rings is 1. The van der Waals surface area contributed by atoms with Gasteiger partial charge in [0, 0.05) is 17.3 Å². The summed E-state index contributed by atoms with van der Waals surface area (Å²) in [6.45, 7) is 0. The van der Waals surface area contributed by atoms with Gasteiger partial charge in [-0.1, -0.05) is 24.3 Å². The molecule has 0 saturated heterocycles. The van der Waals surface area contributed by atoms with Crippen molar-refractivity contribution in [2.24, 2.45) is 0 Å². The Morgan fingerprint density at radius 1 is 1.05 bits per heavy atom. The molecule has 2 heterocycles. The van der Waals surface area contributed by atoms with Gasteiger partial charge in [0.25, 0.3) is 0 Å². The lowest BCUT2D eigenvalue weighted by Gasteiger charge is -2.11. The number of aromatic nitrogens is 3. The minimum Gasteiger partial charge on any atom is -0.334 e. The zero-order chi connectivity index (χ0) is 13.7. The van der Waals surface area contributed by atoms with Crippen molar-refractivity contribution < 1.29 is 9.59 Å². The third-order valence-corrected chi connectivity index (χ3v) is 4.01. The highest BCUT2D eigenvalue weighted by atomic mass is 32.1. The van der Waals surface area contributed by atoms with Gasteiger partial charge in [0.05, 0.1) is 10.4 Å². The van der Waals surface area contributed by atoms with E-state index in [1.54, 1.807) is 36.0 Å². The molecule has 0 atom stereocenters. The molecule has 4 rings (SSSR count). The number of hydrogen-bond donors (Lipinski definition) is 1. The van der Waals surface area contributed by atoms with Crippen molar-refractivity contribution in [3.63, 3.8) is 0 Å². The molecular formula is C14H7N3O2S. The molecule has 0 fully saturated rings. The zero-order valence-corrected chi connectivity index (χ0v) is 10.9. The molecule has 0 aliphatic heterocycles. The summed E-state index contributed by atoms with van der Waals surface area (Å²) < 4.78 is 0. The Morgan fingerprint density at radius 3 is 2.50 bits per heavy atom. The van der Waals surface area contributed by atoms with Crippen LogP contribution in [0.5, 0.6) is 0 Å². The van der Waals surface area contributed by atoms with E-state index in [0.29, 0.717) is 17.0 Å². The first-order valence-corrected chi connectivity index (χ1v) is 6.81. The smallest absolute Gasteiger partial charge is 0.214 e. The van der Waals surface area contributed by atoms with Crippen molar-refractivity contribution in [3.05, 3.63) is 58.5 Å². The summed E-state index contributed by atoms with van der Waals surface area (Å²) in [5.41, 5.74) is 2.96. The molecule has 0 amide bonds. The van der Waals surface area contributed by atoms with Crippen LogP contribution in [-0.2, 0) is 0 Å². The largest absolute Gasteiger partial charge is 0.334 e. The van der Waals surface area contributed by atoms with Gasteiger partial charge in [0.15, 0.2) is 5.82 Å². The number of fused-ring (bicyclic) bond motifs is 2. The van der Waals surface area contributed by atoms with E-state index in [9.17, 15) is 9.59 Å². The summed E-state index contributed by atoms with van der Waals surface area (Å²) in [4.78, 5) is 36.8. The predicted octanol–water partition coefficient (Wildman–Crippen LogP) is 2.31. The molecule has 0 bridgehead atoms. The quantitative estimate of drug-likeness (QED) is 0.581. The molecular weight excluding hydrogens is 274 g/mol. The SMILES string of the molecule is O=C1c2ccccc2C(=O)c2[nH]c(-c3cncs3)nc21. The number of hydrogen-bond acceptors (Lipinski definition) is 5. The van der Waals surface area contributed by atoms with E-state index in [1.165, 1.54) is 11.3 Å². The van der Waals surface area contributed by atoms with Crippen molar-refractivity contribution in [2.45, 2.75) is 0 Å². The number of carbonyl (C=O) groups excluding carboxylic acids is 2. The summed E-state index contributed by atoms with van der Waals surface area (Å²) in [5.74, 6) is 0.0905. The van der Waals surface area contributed by atoms with Crippen LogP contribution >= 0.6 is 11.3 Å². The van der Waals surface area contributed by atoms with E-state index in [1.807, 2.05) is 0 Å². The number of rotatable bonds is 1. The van der Waals surface area contributed by atoms with Crippen LogP contribution in [0.4, 0.5) is 0 Å². The summed E-state index contributed by atoms with van der Waals surface area (Å²) in [7, 11) is 0. The number of imidazole rings is 1. The molecule has 3 aromatic rings. The van der Waals surface area contributed by atoms with E-state index in [4.69, 9.17) is 0 Å². The summed E-state index contributed by atoms with van der Waals surface area (Å²) in [5, 5.41) is 0. The second-order valence-corrected chi connectivity index (χ2v) is 5.26. The molecule has 96 valence electrons. The molecule has 20 heavy (non-hydrogen) atoms. The Hall–Kier alpha value is -2.60. The van der Waals surface area contributed by atoms with E-state index in [0.717, 1.165) is 4.88 Å². The first-order chi connectivity index (χ1) is 9.75. The third kappa shape index (κ3) is 1.42. The number of nitrogens with one attached hydrogen (secondary N) is 1. The lowest BCUT2D eigenvalue weighted by atomic mass is 9.90. The Bertz CT molecular complexity index is 797. The number of ketones is 2. The van der Waals surface area contributed by atoms with E-state index in [-0.39, 0.29) is 23.0 Å². The van der Waals surface area contributed by atoms with Gasteiger partial charge < -0.3 is 4.98 Å². The van der Waals surface area contributed by atoms with Gasteiger partial charge in [-0.15, -0.1) is 11.3 Å². The summed E-state index contributed by atoms with van der Waals surface area (Å²) in [6.07, 6.45) is 1.65. The van der Waals surface area contributed by atoms with Crippen molar-refractivity contribution >= 4 is 22.9 Å². The van der Waals surface area contributed by atoms with Crippen LogP contribution in [0, 0.1) is 0 Å². The van der Waals surface area contributed by atoms with Gasteiger partial charge in [-0.3, -0.25) is 14.6 Å². The highest BCUT2D eigenvalue weighted by Crippen LogP contribution is 2.29. The van der Waals surface area contributed by atoms with Gasteiger partial charge in [0.2, 0.25) is 11.6 Å². The number of nitrogens with zero attached hydrogens (tertiary/aromatic N) is 2. The minimum absolute atomic E-state index is 0.192. The Kier molecular flexibility index (Phi) is 2.22. The molecule has 1 aliphatic carbocycles. The first kappa shape index (κ1) is 11.2. The normalized spacial score (nSPS) is 13.2. The molecule has 1 N–H and O–H groups in total. The molecule has 1 aromatic carbocycles. The zero-order valence-electron chi connectivity index (χ0n) is 10.1. The second-order valence-electron chi connectivity index (χ2n) is 4.38. The Morgan fingerprint density at radius 2 is 1.80 bits per heavy atom. The average Bonchev–Trinajstić information content (AvgIpc) is 3.13. The standard InChI is InChI=1S/C14H7N3O2S/c18-12-7-3-1-2-4-8(7)13(19)11-10(12)16-14(17-11)9-5-15-6-20-9/h1-6H,(H,16,17). The van der Waals surface area contributed by atoms with Crippen molar-refractivity contribution in [2.75, 3.05) is 0 Å². The summed E-state index contributed by atoms with van der Waals surface area (Å²) in [6, 6.07) is 6.80. The molecule has 0 saturated carbocycles. The lowest BCUT2D eigenvalue weighted by molar-refractivity contribution is 0.0974.